The van der Waals surface area contributed by atoms with Gasteiger partial charge in [-0.3, -0.25) is 4.79 Å². The summed E-state index contributed by atoms with van der Waals surface area (Å²) in [5.74, 6) is -1.27. The Balaban J connectivity index is 1.84. The minimum atomic E-state index is -1.10. The van der Waals surface area contributed by atoms with Crippen LogP contribution in [-0.2, 0) is 0 Å². The summed E-state index contributed by atoms with van der Waals surface area (Å²) in [4.78, 5) is 25.2. The number of carbonyl (C=O) groups is 2. The minimum absolute atomic E-state index is 0.00515. The first-order valence-corrected chi connectivity index (χ1v) is 7.25. The van der Waals surface area contributed by atoms with Gasteiger partial charge in [-0.2, -0.15) is 0 Å². The number of likely N-dealkylation sites (tertiary alicyclic amines) is 1. The third-order valence-electron chi connectivity index (χ3n) is 4.03. The number of carboxylic acid groups (broad SMARTS) is 1. The Morgan fingerprint density at radius 2 is 2.00 bits per heavy atom. The topological polar surface area (TPSA) is 70.8 Å². The zero-order valence-electron chi connectivity index (χ0n) is 12.3. The Hall–Kier alpha value is -2.56. The monoisotopic (exact) mass is 299 g/mol. The SMILES string of the molecule is Cc1ccc(C2CCCN2C(=O)c2cc(C(=O)O)co2)cc1. The van der Waals surface area contributed by atoms with Crippen molar-refractivity contribution in [2.75, 3.05) is 6.54 Å². The molecule has 1 atom stereocenters. The number of carboxylic acids is 1. The molecule has 1 aliphatic heterocycles. The van der Waals surface area contributed by atoms with Crippen LogP contribution >= 0.6 is 0 Å². The molecule has 5 nitrogen and oxygen atoms in total. The molecular weight excluding hydrogens is 282 g/mol. The number of carbonyl (C=O) groups excluding carboxylic acids is 1. The Kier molecular flexibility index (Phi) is 3.71. The molecule has 1 aromatic heterocycles. The molecular formula is C17H17NO4. The highest BCUT2D eigenvalue weighted by molar-refractivity contribution is 5.95. The number of amides is 1. The number of benzene rings is 1. The molecule has 2 heterocycles. The zero-order valence-corrected chi connectivity index (χ0v) is 12.3. The van der Waals surface area contributed by atoms with Crippen molar-refractivity contribution in [3.63, 3.8) is 0 Å². The first-order chi connectivity index (χ1) is 10.6. The highest BCUT2D eigenvalue weighted by atomic mass is 16.4. The number of nitrogens with zero attached hydrogens (tertiary/aromatic N) is 1. The van der Waals surface area contributed by atoms with Crippen LogP contribution in [0.3, 0.4) is 0 Å². The van der Waals surface area contributed by atoms with Crippen molar-refractivity contribution in [3.05, 3.63) is 59.0 Å². The maximum atomic E-state index is 12.6. The summed E-state index contributed by atoms with van der Waals surface area (Å²) in [6.07, 6.45) is 2.94. The van der Waals surface area contributed by atoms with E-state index in [1.165, 1.54) is 11.6 Å². The summed E-state index contributed by atoms with van der Waals surface area (Å²) >= 11 is 0. The number of hydrogen-bond donors (Lipinski definition) is 1. The molecule has 0 bridgehead atoms. The van der Waals surface area contributed by atoms with Crippen LogP contribution in [0.25, 0.3) is 0 Å². The average molecular weight is 299 g/mol. The molecule has 22 heavy (non-hydrogen) atoms. The molecule has 0 saturated carbocycles. The van der Waals surface area contributed by atoms with Crippen molar-refractivity contribution < 1.29 is 19.1 Å². The predicted molar refractivity (Wildman–Crippen MR) is 79.9 cm³/mol. The summed E-state index contributed by atoms with van der Waals surface area (Å²) < 4.78 is 5.13. The maximum Gasteiger partial charge on any atom is 0.338 e. The lowest BCUT2D eigenvalue weighted by Crippen LogP contribution is -2.30. The molecule has 1 amide bonds. The summed E-state index contributed by atoms with van der Waals surface area (Å²) in [5, 5.41) is 8.92. The van der Waals surface area contributed by atoms with E-state index in [4.69, 9.17) is 9.52 Å². The van der Waals surface area contributed by atoms with Gasteiger partial charge in [0.1, 0.15) is 6.26 Å². The number of aryl methyl sites for hydroxylation is 1. The lowest BCUT2D eigenvalue weighted by molar-refractivity contribution is 0.0690. The van der Waals surface area contributed by atoms with Gasteiger partial charge in [0, 0.05) is 12.6 Å². The Labute approximate surface area is 128 Å². The van der Waals surface area contributed by atoms with Gasteiger partial charge in [-0.25, -0.2) is 4.79 Å². The summed E-state index contributed by atoms with van der Waals surface area (Å²) in [7, 11) is 0. The van der Waals surface area contributed by atoms with E-state index in [0.717, 1.165) is 24.7 Å². The van der Waals surface area contributed by atoms with Crippen molar-refractivity contribution in [3.8, 4) is 0 Å². The van der Waals surface area contributed by atoms with Crippen LogP contribution in [0.2, 0.25) is 0 Å². The summed E-state index contributed by atoms with van der Waals surface area (Å²) in [5.41, 5.74) is 2.27. The molecule has 1 aromatic carbocycles. The standard InChI is InChI=1S/C17H17NO4/c1-11-4-6-12(7-5-11)14-3-2-8-18(14)16(19)15-9-13(10-22-15)17(20)21/h4-7,9-10,14H,2-3,8H2,1H3,(H,20,21). The lowest BCUT2D eigenvalue weighted by atomic mass is 10.0. The molecule has 1 aliphatic rings. The summed E-state index contributed by atoms with van der Waals surface area (Å²) in [6.45, 7) is 2.68. The molecule has 1 unspecified atom stereocenters. The fourth-order valence-electron chi connectivity index (χ4n) is 2.85. The Morgan fingerprint density at radius 1 is 1.27 bits per heavy atom. The van der Waals surface area contributed by atoms with E-state index in [2.05, 4.69) is 0 Å². The second kappa shape index (κ2) is 5.67. The van der Waals surface area contributed by atoms with E-state index >= 15 is 0 Å². The molecule has 5 heteroatoms. The molecule has 2 aromatic rings. The second-order valence-electron chi connectivity index (χ2n) is 5.57. The fourth-order valence-corrected chi connectivity index (χ4v) is 2.85. The van der Waals surface area contributed by atoms with Gasteiger partial charge in [0.15, 0.2) is 5.76 Å². The van der Waals surface area contributed by atoms with E-state index in [1.54, 1.807) is 4.90 Å². The molecule has 1 saturated heterocycles. The zero-order chi connectivity index (χ0) is 15.7. The minimum Gasteiger partial charge on any atom is -0.478 e. The highest BCUT2D eigenvalue weighted by Gasteiger charge is 2.32. The van der Waals surface area contributed by atoms with Crippen molar-refractivity contribution in [2.45, 2.75) is 25.8 Å². The quantitative estimate of drug-likeness (QED) is 0.944. The van der Waals surface area contributed by atoms with Gasteiger partial charge in [0.2, 0.25) is 0 Å². The first kappa shape index (κ1) is 14.4. The molecule has 114 valence electrons. The van der Waals surface area contributed by atoms with Gasteiger partial charge >= 0.3 is 5.97 Å². The normalized spacial score (nSPS) is 17.7. The van der Waals surface area contributed by atoms with Gasteiger partial charge in [-0.15, -0.1) is 0 Å². The van der Waals surface area contributed by atoms with Crippen LogP contribution < -0.4 is 0 Å². The van der Waals surface area contributed by atoms with Crippen molar-refractivity contribution >= 4 is 11.9 Å². The van der Waals surface area contributed by atoms with Crippen molar-refractivity contribution in [1.82, 2.24) is 4.90 Å². The van der Waals surface area contributed by atoms with Crippen LogP contribution in [0.5, 0.6) is 0 Å². The number of rotatable bonds is 3. The molecule has 1 fully saturated rings. The highest BCUT2D eigenvalue weighted by Crippen LogP contribution is 2.33. The van der Waals surface area contributed by atoms with Crippen LogP contribution in [0.15, 0.2) is 41.0 Å². The third-order valence-corrected chi connectivity index (χ3v) is 4.03. The van der Waals surface area contributed by atoms with Crippen molar-refractivity contribution in [2.24, 2.45) is 0 Å². The fraction of sp³-hybridized carbons (Fsp3) is 0.294. The molecule has 1 N–H and O–H groups in total. The Morgan fingerprint density at radius 3 is 2.64 bits per heavy atom. The maximum absolute atomic E-state index is 12.6. The molecule has 0 spiro atoms. The van der Waals surface area contributed by atoms with Gasteiger partial charge < -0.3 is 14.4 Å². The third kappa shape index (κ3) is 2.62. The predicted octanol–water partition coefficient (Wildman–Crippen LogP) is 3.26. The second-order valence-corrected chi connectivity index (χ2v) is 5.57. The van der Waals surface area contributed by atoms with Gasteiger partial charge in [0.05, 0.1) is 11.6 Å². The molecule has 0 radical (unpaired) electrons. The Bertz CT molecular complexity index is 702. The van der Waals surface area contributed by atoms with Crippen LogP contribution in [0.4, 0.5) is 0 Å². The lowest BCUT2D eigenvalue weighted by Gasteiger charge is -2.24. The van der Waals surface area contributed by atoms with E-state index in [1.807, 2.05) is 31.2 Å². The molecule has 0 aliphatic carbocycles. The van der Waals surface area contributed by atoms with E-state index in [9.17, 15) is 9.59 Å². The average Bonchev–Trinajstić information content (AvgIpc) is 3.17. The van der Waals surface area contributed by atoms with Crippen LogP contribution in [-0.4, -0.2) is 28.4 Å². The first-order valence-electron chi connectivity index (χ1n) is 7.25. The van der Waals surface area contributed by atoms with Crippen molar-refractivity contribution in [1.29, 1.82) is 0 Å². The number of hydrogen-bond acceptors (Lipinski definition) is 3. The van der Waals surface area contributed by atoms with E-state index in [-0.39, 0.29) is 23.3 Å². The van der Waals surface area contributed by atoms with Gasteiger partial charge in [0.25, 0.3) is 5.91 Å². The smallest absolute Gasteiger partial charge is 0.338 e. The van der Waals surface area contributed by atoms with Crippen LogP contribution in [0.1, 0.15) is 50.9 Å². The summed E-state index contributed by atoms with van der Waals surface area (Å²) in [6, 6.07) is 9.45. The van der Waals surface area contributed by atoms with Gasteiger partial charge in [-0.1, -0.05) is 29.8 Å². The number of aromatic carboxylic acids is 1. The van der Waals surface area contributed by atoms with Crippen LogP contribution in [0, 0.1) is 6.92 Å². The van der Waals surface area contributed by atoms with E-state index in [0.29, 0.717) is 6.54 Å². The number of furan rings is 1. The largest absolute Gasteiger partial charge is 0.478 e. The molecule has 3 rings (SSSR count). The van der Waals surface area contributed by atoms with E-state index < -0.39 is 5.97 Å². The van der Waals surface area contributed by atoms with Gasteiger partial charge in [-0.05, 0) is 25.3 Å².